The standard InChI is InChI=1S/C43H42N4.C43H43N3O/c1-5-6-12-33-19-23-40-38(28-33)37-27-31(4)16-22-39(37)47(40)24-9-13-32-17-20-34(21-18-32)41-44-42(35-14-7-10-29(2)25-35)46-43(45-41)36-15-8-11-30(3)26-36;1-3-4-11-33-28-34(30-35(29-33)14-10-27-46-40-17-7-5-15-38(40)39-16-6-8-18-41(39)46)13-9-12-32-21-25-37(26-22-32)43-45-44-42(47-43)36-23-19-31(2)20-24-36/h7-8,10-11,14-23,25-28H,5-6,9,12-13,24H2,1-4H3;5-8,15-26,28-30H,3-4,9-14,27H2,1-2H3. The molecule has 0 spiro atoms. The van der Waals surface area contributed by atoms with Crippen LogP contribution in [0.25, 0.3) is 101 Å². The summed E-state index contributed by atoms with van der Waals surface area (Å²) in [6.07, 6.45) is 14.8. The molecule has 0 amide bonds. The molecule has 0 unspecified atom stereocenters. The summed E-state index contributed by atoms with van der Waals surface area (Å²) in [4.78, 5) is 14.8. The van der Waals surface area contributed by atoms with Crippen molar-refractivity contribution in [1.82, 2.24) is 34.3 Å². The Kier molecular flexibility index (Phi) is 19.5. The number of hydrogen-bond acceptors (Lipinski definition) is 6. The molecule has 0 radical (unpaired) electrons. The molecule has 4 heterocycles. The zero-order chi connectivity index (χ0) is 64.3. The third kappa shape index (κ3) is 14.7. The molecule has 0 saturated carbocycles. The molecule has 0 bridgehead atoms. The number of nitrogens with zero attached hydrogens (tertiary/aromatic N) is 7. The zero-order valence-corrected chi connectivity index (χ0v) is 55.5. The number of aromatic nitrogens is 7. The van der Waals surface area contributed by atoms with Crippen LogP contribution in [-0.4, -0.2) is 34.3 Å². The van der Waals surface area contributed by atoms with E-state index in [-0.39, 0.29) is 0 Å². The van der Waals surface area contributed by atoms with E-state index in [0.29, 0.717) is 29.3 Å². The quantitative estimate of drug-likeness (QED) is 0.0634. The van der Waals surface area contributed by atoms with Crippen molar-refractivity contribution >= 4 is 43.6 Å². The average molecular weight is 1230 g/mol. The van der Waals surface area contributed by atoms with Crippen LogP contribution in [0, 0.1) is 27.7 Å². The van der Waals surface area contributed by atoms with Gasteiger partial charge in [0, 0.05) is 84.5 Å². The van der Waals surface area contributed by atoms with Gasteiger partial charge in [-0.2, -0.15) is 0 Å². The summed E-state index contributed by atoms with van der Waals surface area (Å²) in [6.45, 7) is 15.0. The van der Waals surface area contributed by atoms with Crippen molar-refractivity contribution in [2.75, 3.05) is 0 Å². The maximum absolute atomic E-state index is 5.99. The van der Waals surface area contributed by atoms with Crippen LogP contribution in [0.4, 0.5) is 0 Å². The van der Waals surface area contributed by atoms with Crippen LogP contribution in [0.1, 0.15) is 114 Å². The first-order valence-corrected chi connectivity index (χ1v) is 34.2. The van der Waals surface area contributed by atoms with Gasteiger partial charge in [-0.05, 0) is 205 Å². The molecule has 0 aliphatic rings. The molecule has 14 rings (SSSR count). The minimum Gasteiger partial charge on any atom is -0.416 e. The highest BCUT2D eigenvalue weighted by Crippen LogP contribution is 2.34. The van der Waals surface area contributed by atoms with Crippen molar-refractivity contribution in [3.8, 4) is 57.1 Å². The Balaban J connectivity index is 0.000000171. The van der Waals surface area contributed by atoms with Gasteiger partial charge in [-0.3, -0.25) is 0 Å². The van der Waals surface area contributed by atoms with Gasteiger partial charge in [-0.1, -0.05) is 201 Å². The third-order valence-corrected chi connectivity index (χ3v) is 18.5. The van der Waals surface area contributed by atoms with Crippen LogP contribution >= 0.6 is 0 Å². The Hall–Kier alpha value is -10.1. The average Bonchev–Trinajstić information content (AvgIpc) is 1.60. The van der Waals surface area contributed by atoms with Crippen LogP contribution in [0.5, 0.6) is 0 Å². The SMILES string of the molecule is CCCCc1cc(CCCc2ccc(-c3nnc(-c4ccc(C)cc4)o3)cc2)cc(CCCn2c3ccccc3c3ccccc32)c1.CCCCc1ccc2c(c1)c1cc(C)ccc1n2CCCc1ccc(-c2nc(-c3cccc(C)c3)nc(-c3cccc(C)c3)n2)cc1. The van der Waals surface area contributed by atoms with E-state index in [9.17, 15) is 0 Å². The highest BCUT2D eigenvalue weighted by molar-refractivity contribution is 6.09. The highest BCUT2D eigenvalue weighted by atomic mass is 16.4. The lowest BCUT2D eigenvalue weighted by molar-refractivity contribution is 0.584. The van der Waals surface area contributed by atoms with Gasteiger partial charge in [-0.15, -0.1) is 10.2 Å². The molecular weight excluding hydrogens is 1150 g/mol. The number of aryl methyl sites for hydroxylation is 12. The van der Waals surface area contributed by atoms with E-state index in [4.69, 9.17) is 19.4 Å². The van der Waals surface area contributed by atoms with E-state index in [1.165, 1.54) is 125 Å². The highest BCUT2D eigenvalue weighted by Gasteiger charge is 2.17. The summed E-state index contributed by atoms with van der Waals surface area (Å²) >= 11 is 0. The van der Waals surface area contributed by atoms with Gasteiger partial charge in [0.25, 0.3) is 0 Å². The van der Waals surface area contributed by atoms with E-state index in [1.54, 1.807) is 0 Å². The molecule has 0 N–H and O–H groups in total. The Morgan fingerprint density at radius 2 is 0.681 bits per heavy atom. The van der Waals surface area contributed by atoms with Gasteiger partial charge in [0.1, 0.15) is 0 Å². The van der Waals surface area contributed by atoms with Crippen LogP contribution in [0.2, 0.25) is 0 Å². The summed E-state index contributed by atoms with van der Waals surface area (Å²) in [5.74, 6) is 3.19. The smallest absolute Gasteiger partial charge is 0.248 e. The number of fused-ring (bicyclic) bond motifs is 6. The molecule has 0 fully saturated rings. The Bertz CT molecular complexity index is 4780. The van der Waals surface area contributed by atoms with E-state index >= 15 is 0 Å². The minimum absolute atomic E-state index is 0.552. The molecular formula is C86H85N7O. The second-order valence-corrected chi connectivity index (χ2v) is 25.9. The Labute approximate surface area is 554 Å². The van der Waals surface area contributed by atoms with Gasteiger partial charge in [0.05, 0.1) is 0 Å². The fourth-order valence-corrected chi connectivity index (χ4v) is 13.4. The van der Waals surface area contributed by atoms with Gasteiger partial charge in [0.2, 0.25) is 11.8 Å². The summed E-state index contributed by atoms with van der Waals surface area (Å²) in [5, 5.41) is 14.0. The number of unbranched alkanes of at least 4 members (excludes halogenated alkanes) is 2. The normalized spacial score (nSPS) is 11.5. The summed E-state index contributed by atoms with van der Waals surface area (Å²) in [5.41, 5.74) is 23.6. The lowest BCUT2D eigenvalue weighted by Crippen LogP contribution is -2.01. The third-order valence-electron chi connectivity index (χ3n) is 18.5. The lowest BCUT2D eigenvalue weighted by atomic mass is 9.96. The topological polar surface area (TPSA) is 87.5 Å². The number of rotatable bonds is 23. The molecule has 8 heteroatoms. The van der Waals surface area contributed by atoms with E-state index < -0.39 is 0 Å². The number of benzene rings is 10. The molecule has 0 atom stereocenters. The molecule has 94 heavy (non-hydrogen) atoms. The van der Waals surface area contributed by atoms with Crippen molar-refractivity contribution in [3.63, 3.8) is 0 Å². The van der Waals surface area contributed by atoms with Crippen LogP contribution in [0.15, 0.2) is 229 Å². The summed E-state index contributed by atoms with van der Waals surface area (Å²) in [7, 11) is 0. The van der Waals surface area contributed by atoms with Gasteiger partial charge in [-0.25, -0.2) is 15.0 Å². The maximum Gasteiger partial charge on any atom is 0.248 e. The maximum atomic E-state index is 5.99. The van der Waals surface area contributed by atoms with Gasteiger partial charge < -0.3 is 13.6 Å². The number of para-hydroxylation sites is 2. The van der Waals surface area contributed by atoms with Crippen molar-refractivity contribution in [2.45, 2.75) is 138 Å². The zero-order valence-electron chi connectivity index (χ0n) is 55.5. The lowest BCUT2D eigenvalue weighted by Gasteiger charge is -2.12. The van der Waals surface area contributed by atoms with E-state index in [0.717, 1.165) is 98.7 Å². The largest absolute Gasteiger partial charge is 0.416 e. The molecule has 4 aromatic heterocycles. The van der Waals surface area contributed by atoms with Crippen LogP contribution in [-0.2, 0) is 51.6 Å². The fourth-order valence-electron chi connectivity index (χ4n) is 13.4. The molecule has 0 aliphatic heterocycles. The van der Waals surface area contributed by atoms with E-state index in [2.05, 4.69) is 273 Å². The van der Waals surface area contributed by atoms with Crippen LogP contribution in [0.3, 0.4) is 0 Å². The number of hydrogen-bond donors (Lipinski definition) is 0. The monoisotopic (exact) mass is 1230 g/mol. The first-order chi connectivity index (χ1) is 46.1. The Morgan fingerprint density at radius 1 is 0.287 bits per heavy atom. The first kappa shape index (κ1) is 62.7. The molecule has 0 aliphatic carbocycles. The van der Waals surface area contributed by atoms with Crippen molar-refractivity contribution in [1.29, 1.82) is 0 Å². The van der Waals surface area contributed by atoms with Gasteiger partial charge >= 0.3 is 0 Å². The molecule has 470 valence electrons. The fraction of sp³-hybridized carbons (Fsp3) is 0.244. The summed E-state index contributed by atoms with van der Waals surface area (Å²) < 4.78 is 11.0. The predicted molar refractivity (Wildman–Crippen MR) is 391 cm³/mol. The van der Waals surface area contributed by atoms with Crippen molar-refractivity contribution in [2.24, 2.45) is 0 Å². The van der Waals surface area contributed by atoms with Crippen molar-refractivity contribution < 1.29 is 4.42 Å². The van der Waals surface area contributed by atoms with E-state index in [1.807, 2.05) is 12.1 Å². The molecule has 10 aromatic carbocycles. The van der Waals surface area contributed by atoms with Gasteiger partial charge in [0.15, 0.2) is 17.5 Å². The Morgan fingerprint density at radius 3 is 1.21 bits per heavy atom. The van der Waals surface area contributed by atoms with Crippen molar-refractivity contribution in [3.05, 3.63) is 280 Å². The molecule has 14 aromatic rings. The molecule has 0 saturated heterocycles. The first-order valence-electron chi connectivity index (χ1n) is 34.2. The van der Waals surface area contributed by atoms with Crippen LogP contribution < -0.4 is 0 Å². The second kappa shape index (κ2) is 29.3. The molecule has 8 nitrogen and oxygen atoms in total. The predicted octanol–water partition coefficient (Wildman–Crippen LogP) is 21.9. The summed E-state index contributed by atoms with van der Waals surface area (Å²) in [6, 6.07) is 81.3. The minimum atomic E-state index is 0.552. The second-order valence-electron chi connectivity index (χ2n) is 25.9.